The Bertz CT molecular complexity index is 597. The molecule has 1 aromatic carbocycles. The predicted octanol–water partition coefficient (Wildman–Crippen LogP) is 2.92. The van der Waals surface area contributed by atoms with Gasteiger partial charge < -0.3 is 10.4 Å². The van der Waals surface area contributed by atoms with Gasteiger partial charge in [-0.05, 0) is 50.7 Å². The summed E-state index contributed by atoms with van der Waals surface area (Å²) >= 11 is 0. The topological polar surface area (TPSA) is 52.6 Å². The highest BCUT2D eigenvalue weighted by Crippen LogP contribution is 2.41. The van der Waals surface area contributed by atoms with E-state index >= 15 is 0 Å². The Morgan fingerprint density at radius 1 is 1.33 bits per heavy atom. The Morgan fingerprint density at radius 2 is 2.00 bits per heavy atom. The second kappa shape index (κ2) is 7.15. The fourth-order valence-electron chi connectivity index (χ4n) is 4.36. The van der Waals surface area contributed by atoms with Crippen LogP contribution in [0.2, 0.25) is 0 Å². The fourth-order valence-corrected chi connectivity index (χ4v) is 4.36. The number of aliphatic hydroxyl groups excluding tert-OH is 1. The van der Waals surface area contributed by atoms with Crippen LogP contribution in [0.15, 0.2) is 18.2 Å². The maximum Gasteiger partial charge on any atom is 0.224 e. The highest BCUT2D eigenvalue weighted by atomic mass is 19.1. The Morgan fingerprint density at radius 3 is 2.58 bits per heavy atom. The van der Waals surface area contributed by atoms with E-state index in [9.17, 15) is 18.7 Å². The molecule has 4 nitrogen and oxygen atoms in total. The van der Waals surface area contributed by atoms with E-state index in [0.717, 1.165) is 37.8 Å². The van der Waals surface area contributed by atoms with E-state index in [1.807, 2.05) is 6.92 Å². The van der Waals surface area contributed by atoms with E-state index < -0.39 is 11.6 Å². The second-order valence-corrected chi connectivity index (χ2v) is 7.08. The molecule has 2 aliphatic rings. The van der Waals surface area contributed by atoms with Crippen molar-refractivity contribution in [2.45, 2.75) is 57.2 Å². The van der Waals surface area contributed by atoms with Crippen LogP contribution in [-0.4, -0.2) is 40.6 Å². The third-order valence-electron chi connectivity index (χ3n) is 5.34. The van der Waals surface area contributed by atoms with Crippen molar-refractivity contribution in [3.8, 4) is 0 Å². The predicted molar refractivity (Wildman–Crippen MR) is 87.5 cm³/mol. The van der Waals surface area contributed by atoms with E-state index in [1.54, 1.807) is 0 Å². The molecule has 0 spiro atoms. The van der Waals surface area contributed by atoms with Crippen LogP contribution in [0.1, 0.15) is 39.0 Å². The summed E-state index contributed by atoms with van der Waals surface area (Å²) in [6, 6.07) is 4.15. The molecule has 4 atom stereocenters. The quantitative estimate of drug-likeness (QED) is 0.868. The SMILES string of the molecule is C[C@H](CO)N1C2CC[C@H]1CC(CC(=O)Nc1ccc(F)cc1F)C2. The average Bonchev–Trinajstić information content (AvgIpc) is 2.80. The Labute approximate surface area is 140 Å². The lowest BCUT2D eigenvalue weighted by molar-refractivity contribution is -0.117. The lowest BCUT2D eigenvalue weighted by Crippen LogP contribution is -2.49. The number of fused-ring (bicyclic) bond motifs is 2. The van der Waals surface area contributed by atoms with Crippen LogP contribution in [0.4, 0.5) is 14.5 Å². The molecule has 2 saturated heterocycles. The summed E-state index contributed by atoms with van der Waals surface area (Å²) in [6.07, 6.45) is 4.44. The zero-order valence-corrected chi connectivity index (χ0v) is 13.8. The van der Waals surface area contributed by atoms with Crippen molar-refractivity contribution < 1.29 is 18.7 Å². The first-order chi connectivity index (χ1) is 11.5. The molecule has 6 heteroatoms. The number of aliphatic hydroxyl groups is 1. The Kier molecular flexibility index (Phi) is 5.15. The van der Waals surface area contributed by atoms with Gasteiger partial charge in [0.25, 0.3) is 0 Å². The van der Waals surface area contributed by atoms with Crippen LogP contribution in [-0.2, 0) is 4.79 Å². The first-order valence-electron chi connectivity index (χ1n) is 8.61. The van der Waals surface area contributed by atoms with Crippen LogP contribution in [0.25, 0.3) is 0 Å². The number of anilines is 1. The number of nitrogens with zero attached hydrogens (tertiary/aromatic N) is 1. The molecule has 2 unspecified atom stereocenters. The molecule has 1 amide bonds. The lowest BCUT2D eigenvalue weighted by atomic mass is 9.87. The summed E-state index contributed by atoms with van der Waals surface area (Å²) in [4.78, 5) is 14.6. The summed E-state index contributed by atoms with van der Waals surface area (Å²) in [5, 5.41) is 11.9. The Hall–Kier alpha value is -1.53. The van der Waals surface area contributed by atoms with Gasteiger partial charge >= 0.3 is 0 Å². The molecule has 0 aliphatic carbocycles. The standard InChI is InChI=1S/C18H24F2N2O2/c1-11(10-23)22-14-3-4-15(22)7-12(6-14)8-18(24)21-17-5-2-13(19)9-16(17)20/h2,5,9,11-12,14-15,23H,3-4,6-8,10H2,1H3,(H,21,24)/t11-,12?,14+,15?/m1/s1. The van der Waals surface area contributed by atoms with Crippen LogP contribution in [0, 0.1) is 17.6 Å². The first-order valence-corrected chi connectivity index (χ1v) is 8.61. The summed E-state index contributed by atoms with van der Waals surface area (Å²) < 4.78 is 26.5. The molecule has 2 N–H and O–H groups in total. The van der Waals surface area contributed by atoms with Crippen molar-refractivity contribution in [3.05, 3.63) is 29.8 Å². The fraction of sp³-hybridized carbons (Fsp3) is 0.611. The number of piperidine rings is 1. The van der Waals surface area contributed by atoms with Crippen LogP contribution >= 0.6 is 0 Å². The van der Waals surface area contributed by atoms with Gasteiger partial charge in [-0.1, -0.05) is 0 Å². The summed E-state index contributed by atoms with van der Waals surface area (Å²) in [6.45, 7) is 2.19. The van der Waals surface area contributed by atoms with Crippen molar-refractivity contribution in [2.24, 2.45) is 5.92 Å². The molecule has 2 bridgehead atoms. The average molecular weight is 338 g/mol. The van der Waals surface area contributed by atoms with E-state index in [0.29, 0.717) is 18.5 Å². The third kappa shape index (κ3) is 3.59. The van der Waals surface area contributed by atoms with Crippen molar-refractivity contribution in [1.82, 2.24) is 4.90 Å². The molecule has 2 aliphatic heterocycles. The molecular formula is C18H24F2N2O2. The number of carbonyl (C=O) groups is 1. The van der Waals surface area contributed by atoms with E-state index in [1.165, 1.54) is 6.07 Å². The van der Waals surface area contributed by atoms with Crippen molar-refractivity contribution in [3.63, 3.8) is 0 Å². The highest BCUT2D eigenvalue weighted by molar-refractivity contribution is 5.90. The monoisotopic (exact) mass is 338 g/mol. The molecule has 1 aromatic rings. The minimum absolute atomic E-state index is 0.0238. The number of hydrogen-bond acceptors (Lipinski definition) is 3. The maximum absolute atomic E-state index is 13.6. The third-order valence-corrected chi connectivity index (χ3v) is 5.34. The van der Waals surface area contributed by atoms with Gasteiger partial charge in [0.2, 0.25) is 5.91 Å². The molecule has 2 fully saturated rings. The zero-order valence-electron chi connectivity index (χ0n) is 13.8. The number of nitrogens with one attached hydrogen (secondary N) is 1. The van der Waals surface area contributed by atoms with E-state index in [4.69, 9.17) is 0 Å². The molecule has 2 heterocycles. The van der Waals surface area contributed by atoms with Gasteiger partial charge in [-0.25, -0.2) is 8.78 Å². The number of rotatable bonds is 5. The largest absolute Gasteiger partial charge is 0.395 e. The van der Waals surface area contributed by atoms with Crippen molar-refractivity contribution in [2.75, 3.05) is 11.9 Å². The Balaban J connectivity index is 1.57. The number of amides is 1. The molecule has 0 aromatic heterocycles. The van der Waals surface area contributed by atoms with Crippen LogP contribution in [0.3, 0.4) is 0 Å². The van der Waals surface area contributed by atoms with Gasteiger partial charge in [0.15, 0.2) is 0 Å². The van der Waals surface area contributed by atoms with Gasteiger partial charge in [0.05, 0.1) is 12.3 Å². The normalized spacial score (nSPS) is 27.9. The smallest absolute Gasteiger partial charge is 0.224 e. The number of carbonyl (C=O) groups excluding carboxylic acids is 1. The number of halogens is 2. The molecule has 24 heavy (non-hydrogen) atoms. The summed E-state index contributed by atoms with van der Waals surface area (Å²) in [5.41, 5.74) is 0.0238. The minimum Gasteiger partial charge on any atom is -0.395 e. The van der Waals surface area contributed by atoms with Gasteiger partial charge in [-0.15, -0.1) is 0 Å². The molecule has 132 valence electrons. The summed E-state index contributed by atoms with van der Waals surface area (Å²) in [5.74, 6) is -1.37. The molecule has 0 radical (unpaired) electrons. The molecule has 0 saturated carbocycles. The maximum atomic E-state index is 13.6. The van der Waals surface area contributed by atoms with Gasteiger partial charge in [0, 0.05) is 30.6 Å². The van der Waals surface area contributed by atoms with Crippen LogP contribution < -0.4 is 5.32 Å². The van der Waals surface area contributed by atoms with Gasteiger partial charge in [0.1, 0.15) is 11.6 Å². The first kappa shape index (κ1) is 17.3. The van der Waals surface area contributed by atoms with Crippen molar-refractivity contribution in [1.29, 1.82) is 0 Å². The van der Waals surface area contributed by atoms with Crippen LogP contribution in [0.5, 0.6) is 0 Å². The number of benzene rings is 1. The van der Waals surface area contributed by atoms with Crippen molar-refractivity contribution >= 4 is 11.6 Å². The zero-order chi connectivity index (χ0) is 17.3. The second-order valence-electron chi connectivity index (χ2n) is 7.08. The minimum atomic E-state index is -0.755. The lowest BCUT2D eigenvalue weighted by Gasteiger charge is -2.42. The summed E-state index contributed by atoms with van der Waals surface area (Å²) in [7, 11) is 0. The molecular weight excluding hydrogens is 314 g/mol. The molecule has 3 rings (SSSR count). The van der Waals surface area contributed by atoms with E-state index in [-0.39, 0.29) is 30.2 Å². The number of hydrogen-bond donors (Lipinski definition) is 2. The highest BCUT2D eigenvalue weighted by Gasteiger charge is 2.42. The van der Waals surface area contributed by atoms with E-state index in [2.05, 4.69) is 10.2 Å². The van der Waals surface area contributed by atoms with Gasteiger partial charge in [-0.2, -0.15) is 0 Å². The van der Waals surface area contributed by atoms with Gasteiger partial charge in [-0.3, -0.25) is 9.69 Å².